The number of ether oxygens (including phenoxy) is 1. The topological polar surface area (TPSA) is 76.4 Å². The number of guanidine groups is 1. The van der Waals surface area contributed by atoms with Gasteiger partial charge in [-0.05, 0) is 43.0 Å². The number of hydrogen-bond acceptors (Lipinski definition) is 5. The molecule has 1 atom stereocenters. The molecule has 0 aliphatic carbocycles. The summed E-state index contributed by atoms with van der Waals surface area (Å²) in [6.07, 6.45) is 0. The predicted molar refractivity (Wildman–Crippen MR) is 113 cm³/mol. The zero-order chi connectivity index (χ0) is 20.8. The summed E-state index contributed by atoms with van der Waals surface area (Å²) in [4.78, 5) is 5.84. The molecule has 0 spiro atoms. The molecule has 0 radical (unpaired) electrons. The highest BCUT2D eigenvalue weighted by molar-refractivity contribution is 7.09. The molecule has 29 heavy (non-hydrogen) atoms. The molecule has 9 heteroatoms. The Hall–Kier alpha value is -2.94. The average Bonchev–Trinajstić information content (AvgIpc) is 3.34. The molecule has 0 aliphatic rings. The van der Waals surface area contributed by atoms with Gasteiger partial charge in [0.25, 0.3) is 0 Å². The third-order valence-electron chi connectivity index (χ3n) is 4.60. The molecule has 0 amide bonds. The van der Waals surface area contributed by atoms with Crippen LogP contribution in [0.15, 0.2) is 40.7 Å². The van der Waals surface area contributed by atoms with E-state index in [9.17, 15) is 4.39 Å². The molecule has 2 heterocycles. The molecule has 1 aromatic carbocycles. The average molecular weight is 417 g/mol. The number of thiophene rings is 1. The quantitative estimate of drug-likeness (QED) is 0.456. The summed E-state index contributed by atoms with van der Waals surface area (Å²) in [7, 11) is 3.36. The summed E-state index contributed by atoms with van der Waals surface area (Å²) in [5.41, 5.74) is 0.795. The first-order valence-electron chi connectivity index (χ1n) is 9.23. The normalized spacial score (nSPS) is 12.7. The van der Waals surface area contributed by atoms with Gasteiger partial charge in [0.15, 0.2) is 23.4 Å². The summed E-state index contributed by atoms with van der Waals surface area (Å²) in [5, 5.41) is 16.9. The van der Waals surface area contributed by atoms with Gasteiger partial charge in [-0.1, -0.05) is 12.1 Å². The number of aliphatic imine (C=N–C) groups is 1. The van der Waals surface area contributed by atoms with E-state index < -0.39 is 5.82 Å². The molecule has 0 fully saturated rings. The second-order valence-corrected chi connectivity index (χ2v) is 7.61. The van der Waals surface area contributed by atoms with Crippen LogP contribution in [0, 0.1) is 12.7 Å². The molecule has 2 aromatic heterocycles. The Morgan fingerprint density at radius 2 is 2.17 bits per heavy atom. The van der Waals surface area contributed by atoms with Crippen LogP contribution in [-0.2, 0) is 20.1 Å². The summed E-state index contributed by atoms with van der Waals surface area (Å²) in [5.74, 6) is 2.05. The van der Waals surface area contributed by atoms with Crippen LogP contribution in [0.4, 0.5) is 4.39 Å². The van der Waals surface area contributed by atoms with Gasteiger partial charge >= 0.3 is 0 Å². The van der Waals surface area contributed by atoms with E-state index in [2.05, 4.69) is 31.9 Å². The van der Waals surface area contributed by atoms with Crippen molar-refractivity contribution in [3.8, 4) is 5.75 Å². The minimum atomic E-state index is -0.391. The largest absolute Gasteiger partial charge is 0.494 e. The summed E-state index contributed by atoms with van der Waals surface area (Å²) >= 11 is 1.67. The van der Waals surface area contributed by atoms with Gasteiger partial charge < -0.3 is 19.9 Å². The lowest BCUT2D eigenvalue weighted by atomic mass is 10.1. The van der Waals surface area contributed by atoms with Gasteiger partial charge in [0.05, 0.1) is 19.7 Å². The standard InChI is InChI=1S/C20H25FN6OS/c1-13(15-7-8-18(28-4)17(21)10-15)24-20(22-11-16-6-5-9-29-16)23-12-19-26-25-14(2)27(19)3/h5-10,13H,11-12H2,1-4H3,(H2,22,23,24). The Morgan fingerprint density at radius 1 is 1.34 bits per heavy atom. The van der Waals surface area contributed by atoms with Crippen LogP contribution in [0.5, 0.6) is 5.75 Å². The van der Waals surface area contributed by atoms with Crippen LogP contribution in [0.3, 0.4) is 0 Å². The number of aromatic nitrogens is 3. The van der Waals surface area contributed by atoms with Gasteiger partial charge in [-0.2, -0.15) is 0 Å². The number of nitrogens with one attached hydrogen (secondary N) is 2. The second-order valence-electron chi connectivity index (χ2n) is 6.58. The van der Waals surface area contributed by atoms with Crippen molar-refractivity contribution in [3.63, 3.8) is 0 Å². The molecular weight excluding hydrogens is 391 g/mol. The fourth-order valence-corrected chi connectivity index (χ4v) is 3.36. The molecule has 7 nitrogen and oxygen atoms in total. The van der Waals surface area contributed by atoms with Crippen molar-refractivity contribution in [2.24, 2.45) is 12.0 Å². The van der Waals surface area contributed by atoms with Crippen LogP contribution >= 0.6 is 11.3 Å². The Labute approximate surface area is 173 Å². The van der Waals surface area contributed by atoms with Crippen molar-refractivity contribution < 1.29 is 9.13 Å². The maximum absolute atomic E-state index is 14.1. The Balaban J connectivity index is 1.75. The number of nitrogens with zero attached hydrogens (tertiary/aromatic N) is 4. The molecule has 1 unspecified atom stereocenters. The lowest BCUT2D eigenvalue weighted by Crippen LogP contribution is -2.38. The Morgan fingerprint density at radius 3 is 2.79 bits per heavy atom. The van der Waals surface area contributed by atoms with Gasteiger partial charge in [-0.25, -0.2) is 9.38 Å². The smallest absolute Gasteiger partial charge is 0.192 e. The monoisotopic (exact) mass is 416 g/mol. The zero-order valence-corrected chi connectivity index (χ0v) is 17.8. The molecular formula is C20H25FN6OS. The minimum absolute atomic E-state index is 0.161. The SMILES string of the molecule is COc1ccc(C(C)NC(=NCc2nnc(C)n2C)NCc2cccs2)cc1F. The van der Waals surface area contributed by atoms with Crippen molar-refractivity contribution in [2.75, 3.05) is 7.11 Å². The van der Waals surface area contributed by atoms with Gasteiger partial charge in [0.1, 0.15) is 12.4 Å². The van der Waals surface area contributed by atoms with Gasteiger partial charge in [0, 0.05) is 11.9 Å². The van der Waals surface area contributed by atoms with E-state index in [0.29, 0.717) is 19.0 Å². The van der Waals surface area contributed by atoms with E-state index in [1.807, 2.05) is 43.0 Å². The molecule has 0 aliphatic heterocycles. The van der Waals surface area contributed by atoms with Gasteiger partial charge in [-0.3, -0.25) is 0 Å². The van der Waals surface area contributed by atoms with E-state index in [1.165, 1.54) is 18.1 Å². The number of methoxy groups -OCH3 is 1. The van der Waals surface area contributed by atoms with Gasteiger partial charge in [-0.15, -0.1) is 21.5 Å². The molecule has 0 saturated heterocycles. The van der Waals surface area contributed by atoms with Crippen LogP contribution in [0.1, 0.15) is 35.1 Å². The van der Waals surface area contributed by atoms with Crippen LogP contribution < -0.4 is 15.4 Å². The van der Waals surface area contributed by atoms with E-state index in [0.717, 1.165) is 17.2 Å². The first kappa shape index (κ1) is 20.8. The molecule has 3 rings (SSSR count). The lowest BCUT2D eigenvalue weighted by Gasteiger charge is -2.19. The highest BCUT2D eigenvalue weighted by atomic mass is 32.1. The molecule has 154 valence electrons. The van der Waals surface area contributed by atoms with Crippen LogP contribution in [0.25, 0.3) is 0 Å². The van der Waals surface area contributed by atoms with Crippen molar-refractivity contribution in [2.45, 2.75) is 33.0 Å². The third kappa shape index (κ3) is 5.32. The fourth-order valence-electron chi connectivity index (χ4n) is 2.72. The number of halogens is 1. The highest BCUT2D eigenvalue weighted by Crippen LogP contribution is 2.21. The first-order chi connectivity index (χ1) is 14.0. The maximum atomic E-state index is 14.1. The van der Waals surface area contributed by atoms with E-state index in [1.54, 1.807) is 17.4 Å². The van der Waals surface area contributed by atoms with Crippen molar-refractivity contribution in [3.05, 3.63) is 63.6 Å². The van der Waals surface area contributed by atoms with E-state index in [4.69, 9.17) is 4.74 Å². The lowest BCUT2D eigenvalue weighted by molar-refractivity contribution is 0.386. The second kappa shape index (κ2) is 9.51. The molecule has 2 N–H and O–H groups in total. The number of rotatable bonds is 7. The van der Waals surface area contributed by atoms with Crippen molar-refractivity contribution >= 4 is 17.3 Å². The van der Waals surface area contributed by atoms with Crippen LogP contribution in [0.2, 0.25) is 0 Å². The summed E-state index contributed by atoms with van der Waals surface area (Å²) in [6.45, 7) is 4.87. The Bertz CT molecular complexity index is 970. The third-order valence-corrected chi connectivity index (χ3v) is 5.48. The predicted octanol–water partition coefficient (Wildman–Crippen LogP) is 3.33. The van der Waals surface area contributed by atoms with Crippen molar-refractivity contribution in [1.29, 1.82) is 0 Å². The zero-order valence-electron chi connectivity index (χ0n) is 16.9. The number of benzene rings is 1. The molecule has 0 saturated carbocycles. The van der Waals surface area contributed by atoms with Gasteiger partial charge in [0.2, 0.25) is 0 Å². The first-order valence-corrected chi connectivity index (χ1v) is 10.1. The molecule has 0 bridgehead atoms. The van der Waals surface area contributed by atoms with E-state index in [-0.39, 0.29) is 11.8 Å². The summed E-state index contributed by atoms with van der Waals surface area (Å²) < 4.78 is 21.0. The highest BCUT2D eigenvalue weighted by Gasteiger charge is 2.12. The number of hydrogen-bond donors (Lipinski definition) is 2. The molecule has 3 aromatic rings. The van der Waals surface area contributed by atoms with Crippen LogP contribution in [-0.4, -0.2) is 27.8 Å². The number of aryl methyl sites for hydroxylation is 1. The minimum Gasteiger partial charge on any atom is -0.494 e. The van der Waals surface area contributed by atoms with E-state index >= 15 is 0 Å². The van der Waals surface area contributed by atoms with Crippen molar-refractivity contribution in [1.82, 2.24) is 25.4 Å². The fraction of sp³-hybridized carbons (Fsp3) is 0.350. The maximum Gasteiger partial charge on any atom is 0.192 e. The Kier molecular flexibility index (Phi) is 6.82. The summed E-state index contributed by atoms with van der Waals surface area (Å²) in [6, 6.07) is 8.84.